The van der Waals surface area contributed by atoms with Crippen LogP contribution < -0.4 is 16.4 Å². The summed E-state index contributed by atoms with van der Waals surface area (Å²) in [5.41, 5.74) is 5.27. The molecule has 0 aliphatic rings. The van der Waals surface area contributed by atoms with Crippen molar-refractivity contribution in [3.05, 3.63) is 23.0 Å². The molecule has 0 radical (unpaired) electrons. The van der Waals surface area contributed by atoms with Gasteiger partial charge in [0.2, 0.25) is 0 Å². The standard InChI is InChI=1S/C13H17ClN4O4/c1-2-22-10(19)4-3-5-16-12(20)11-9(14)6-8(7-17-11)18-13(15)21/h6-7H,2-5H2,1H3,(H,16,20)(H3,15,18,21). The molecule has 120 valence electrons. The van der Waals surface area contributed by atoms with Crippen LogP contribution in [0.4, 0.5) is 10.5 Å². The van der Waals surface area contributed by atoms with E-state index in [0.29, 0.717) is 13.0 Å². The van der Waals surface area contributed by atoms with Crippen LogP contribution in [0.5, 0.6) is 0 Å². The normalized spacial score (nSPS) is 9.91. The molecule has 0 spiro atoms. The molecule has 0 atom stereocenters. The van der Waals surface area contributed by atoms with E-state index in [1.54, 1.807) is 6.92 Å². The van der Waals surface area contributed by atoms with Gasteiger partial charge in [0.15, 0.2) is 0 Å². The maximum Gasteiger partial charge on any atom is 0.316 e. The smallest absolute Gasteiger partial charge is 0.316 e. The number of esters is 1. The second kappa shape index (κ2) is 8.83. The number of nitrogens with two attached hydrogens (primary N) is 1. The summed E-state index contributed by atoms with van der Waals surface area (Å²) >= 11 is 5.92. The molecule has 0 aliphatic heterocycles. The summed E-state index contributed by atoms with van der Waals surface area (Å²) in [5, 5.41) is 4.97. The molecule has 0 saturated carbocycles. The Morgan fingerprint density at radius 3 is 2.73 bits per heavy atom. The summed E-state index contributed by atoms with van der Waals surface area (Å²) < 4.78 is 4.77. The van der Waals surface area contributed by atoms with Crippen LogP contribution in [0.2, 0.25) is 5.02 Å². The Morgan fingerprint density at radius 2 is 2.14 bits per heavy atom. The number of nitrogens with zero attached hydrogens (tertiary/aromatic N) is 1. The van der Waals surface area contributed by atoms with Crippen LogP contribution in [0.3, 0.4) is 0 Å². The minimum atomic E-state index is -0.756. The zero-order valence-corrected chi connectivity index (χ0v) is 12.8. The van der Waals surface area contributed by atoms with Crippen molar-refractivity contribution >= 4 is 35.2 Å². The number of halogens is 1. The van der Waals surface area contributed by atoms with Crippen LogP contribution in [0.1, 0.15) is 30.3 Å². The second-order valence-corrected chi connectivity index (χ2v) is 4.62. The fraction of sp³-hybridized carbons (Fsp3) is 0.385. The maximum absolute atomic E-state index is 11.9. The first-order chi connectivity index (χ1) is 10.4. The van der Waals surface area contributed by atoms with Crippen molar-refractivity contribution in [2.24, 2.45) is 5.73 Å². The first kappa shape index (κ1) is 17.7. The van der Waals surface area contributed by atoms with Crippen LogP contribution in [0, 0.1) is 0 Å². The molecule has 1 aromatic rings. The first-order valence-corrected chi connectivity index (χ1v) is 6.97. The highest BCUT2D eigenvalue weighted by Gasteiger charge is 2.13. The Morgan fingerprint density at radius 1 is 1.41 bits per heavy atom. The molecular formula is C13H17ClN4O4. The Bertz CT molecular complexity index is 565. The highest BCUT2D eigenvalue weighted by molar-refractivity contribution is 6.33. The molecule has 0 aliphatic carbocycles. The second-order valence-electron chi connectivity index (χ2n) is 4.21. The molecule has 1 heterocycles. The molecule has 22 heavy (non-hydrogen) atoms. The predicted molar refractivity (Wildman–Crippen MR) is 80.7 cm³/mol. The van der Waals surface area contributed by atoms with Crippen molar-refractivity contribution in [1.29, 1.82) is 0 Å². The summed E-state index contributed by atoms with van der Waals surface area (Å²) in [6.45, 7) is 2.34. The van der Waals surface area contributed by atoms with E-state index in [-0.39, 0.29) is 35.3 Å². The van der Waals surface area contributed by atoms with Crippen molar-refractivity contribution in [3.8, 4) is 0 Å². The van der Waals surface area contributed by atoms with Gasteiger partial charge in [0.1, 0.15) is 5.69 Å². The van der Waals surface area contributed by atoms with E-state index in [0.717, 1.165) is 0 Å². The van der Waals surface area contributed by atoms with Crippen LogP contribution >= 0.6 is 11.6 Å². The number of hydrogen-bond acceptors (Lipinski definition) is 5. The van der Waals surface area contributed by atoms with E-state index in [4.69, 9.17) is 22.1 Å². The van der Waals surface area contributed by atoms with Gasteiger partial charge in [-0.2, -0.15) is 0 Å². The highest BCUT2D eigenvalue weighted by Crippen LogP contribution is 2.18. The summed E-state index contributed by atoms with van der Waals surface area (Å²) in [6, 6.07) is 0.612. The van der Waals surface area contributed by atoms with E-state index in [1.807, 2.05) is 0 Å². The van der Waals surface area contributed by atoms with Crippen molar-refractivity contribution in [2.75, 3.05) is 18.5 Å². The van der Waals surface area contributed by atoms with E-state index < -0.39 is 11.9 Å². The predicted octanol–water partition coefficient (Wildman–Crippen LogP) is 1.30. The quantitative estimate of drug-likeness (QED) is 0.514. The SMILES string of the molecule is CCOC(=O)CCCNC(=O)c1ncc(NC(N)=O)cc1Cl. The summed E-state index contributed by atoms with van der Waals surface area (Å²) in [6.07, 6.45) is 1.93. The number of carbonyl (C=O) groups is 3. The van der Waals surface area contributed by atoms with Crippen molar-refractivity contribution in [1.82, 2.24) is 10.3 Å². The molecule has 0 fully saturated rings. The van der Waals surface area contributed by atoms with E-state index in [2.05, 4.69) is 15.6 Å². The van der Waals surface area contributed by atoms with Gasteiger partial charge < -0.3 is 21.1 Å². The van der Waals surface area contributed by atoms with Gasteiger partial charge in [0, 0.05) is 13.0 Å². The number of urea groups is 1. The Labute approximate surface area is 132 Å². The van der Waals surface area contributed by atoms with Gasteiger partial charge in [-0.3, -0.25) is 9.59 Å². The van der Waals surface area contributed by atoms with Crippen LogP contribution in [0.25, 0.3) is 0 Å². The summed E-state index contributed by atoms with van der Waals surface area (Å²) in [5.74, 6) is -0.783. The molecule has 0 unspecified atom stereocenters. The average molecular weight is 329 g/mol. The fourth-order valence-electron chi connectivity index (χ4n) is 1.57. The number of pyridine rings is 1. The maximum atomic E-state index is 11.9. The van der Waals surface area contributed by atoms with Crippen LogP contribution in [0.15, 0.2) is 12.3 Å². The minimum absolute atomic E-state index is 0.0211. The highest BCUT2D eigenvalue weighted by atomic mass is 35.5. The number of amides is 3. The van der Waals surface area contributed by atoms with Gasteiger partial charge in [-0.25, -0.2) is 9.78 Å². The molecule has 4 N–H and O–H groups in total. The zero-order valence-electron chi connectivity index (χ0n) is 12.0. The Balaban J connectivity index is 2.48. The van der Waals surface area contributed by atoms with Gasteiger partial charge >= 0.3 is 12.0 Å². The third-order valence-corrected chi connectivity index (χ3v) is 2.76. The van der Waals surface area contributed by atoms with Crippen molar-refractivity contribution in [3.63, 3.8) is 0 Å². The van der Waals surface area contributed by atoms with Crippen molar-refractivity contribution in [2.45, 2.75) is 19.8 Å². The molecule has 9 heteroatoms. The average Bonchev–Trinajstić information content (AvgIpc) is 2.43. The Hall–Kier alpha value is -2.35. The van der Waals surface area contributed by atoms with E-state index >= 15 is 0 Å². The molecule has 0 bridgehead atoms. The summed E-state index contributed by atoms with van der Waals surface area (Å²) in [7, 11) is 0. The van der Waals surface area contributed by atoms with Crippen LogP contribution in [-0.2, 0) is 9.53 Å². The molecule has 3 amide bonds. The molecular weight excluding hydrogens is 312 g/mol. The van der Waals surface area contributed by atoms with Gasteiger partial charge in [-0.15, -0.1) is 0 Å². The number of anilines is 1. The molecule has 8 nitrogen and oxygen atoms in total. The molecule has 0 saturated heterocycles. The lowest BCUT2D eigenvalue weighted by Crippen LogP contribution is -2.26. The van der Waals surface area contributed by atoms with Crippen molar-refractivity contribution < 1.29 is 19.1 Å². The minimum Gasteiger partial charge on any atom is -0.466 e. The first-order valence-electron chi connectivity index (χ1n) is 6.59. The lowest BCUT2D eigenvalue weighted by molar-refractivity contribution is -0.143. The number of aromatic nitrogens is 1. The largest absolute Gasteiger partial charge is 0.466 e. The number of carbonyl (C=O) groups excluding carboxylic acids is 3. The molecule has 1 rings (SSSR count). The molecule has 1 aromatic heterocycles. The fourth-order valence-corrected chi connectivity index (χ4v) is 1.82. The van der Waals surface area contributed by atoms with E-state index in [1.165, 1.54) is 12.3 Å². The topological polar surface area (TPSA) is 123 Å². The lowest BCUT2D eigenvalue weighted by Gasteiger charge is -2.07. The molecule has 0 aromatic carbocycles. The van der Waals surface area contributed by atoms with Gasteiger partial charge in [-0.1, -0.05) is 11.6 Å². The number of ether oxygens (including phenoxy) is 1. The van der Waals surface area contributed by atoms with Gasteiger partial charge in [0.25, 0.3) is 5.91 Å². The zero-order chi connectivity index (χ0) is 16.5. The van der Waals surface area contributed by atoms with Gasteiger partial charge in [-0.05, 0) is 19.4 Å². The third-order valence-electron chi connectivity index (χ3n) is 2.47. The lowest BCUT2D eigenvalue weighted by atomic mass is 10.3. The number of nitrogens with one attached hydrogen (secondary N) is 2. The summed E-state index contributed by atoms with van der Waals surface area (Å²) in [4.78, 5) is 37.6. The van der Waals surface area contributed by atoms with Gasteiger partial charge in [0.05, 0.1) is 23.5 Å². The third kappa shape index (κ3) is 5.96. The van der Waals surface area contributed by atoms with E-state index in [9.17, 15) is 14.4 Å². The monoisotopic (exact) mass is 328 g/mol. The number of primary amides is 1. The number of hydrogen-bond donors (Lipinski definition) is 3. The van der Waals surface area contributed by atoms with Crippen LogP contribution in [-0.4, -0.2) is 36.0 Å². The number of rotatable bonds is 7. The Kier molecular flexibility index (Phi) is 7.11.